The molecule has 0 unspecified atom stereocenters. The van der Waals surface area contributed by atoms with Crippen molar-refractivity contribution in [2.24, 2.45) is 0 Å². The Labute approximate surface area is 103 Å². The minimum absolute atomic E-state index is 0.638. The van der Waals surface area contributed by atoms with E-state index < -0.39 is 0 Å². The molecular formula is C14H19N3. The predicted molar refractivity (Wildman–Crippen MR) is 68.5 cm³/mol. The zero-order valence-corrected chi connectivity index (χ0v) is 10.3. The quantitative estimate of drug-likeness (QED) is 0.858. The largest absolute Gasteiger partial charge is 0.315 e. The van der Waals surface area contributed by atoms with Gasteiger partial charge in [0, 0.05) is 19.1 Å². The number of benzene rings is 1. The molecular weight excluding hydrogens is 210 g/mol. The molecule has 1 aromatic carbocycles. The molecule has 1 saturated heterocycles. The highest BCUT2D eigenvalue weighted by Crippen LogP contribution is 2.12. The molecule has 3 nitrogen and oxygen atoms in total. The summed E-state index contributed by atoms with van der Waals surface area (Å²) in [7, 11) is 2.18. The highest BCUT2D eigenvalue weighted by atomic mass is 15.2. The Hall–Kier alpha value is -1.37. The zero-order valence-electron chi connectivity index (χ0n) is 10.3. The van der Waals surface area contributed by atoms with Crippen molar-refractivity contribution in [1.82, 2.24) is 10.2 Å². The first-order chi connectivity index (χ1) is 8.29. The van der Waals surface area contributed by atoms with Crippen LogP contribution in [-0.2, 0) is 6.54 Å². The average molecular weight is 229 g/mol. The number of rotatable bonds is 3. The van der Waals surface area contributed by atoms with Gasteiger partial charge in [-0.1, -0.05) is 12.1 Å². The van der Waals surface area contributed by atoms with Crippen LogP contribution < -0.4 is 5.32 Å². The fraction of sp³-hybridized carbons (Fsp3) is 0.500. The van der Waals surface area contributed by atoms with Crippen molar-refractivity contribution in [3.63, 3.8) is 0 Å². The first-order valence-electron chi connectivity index (χ1n) is 6.19. The number of hydrogen-bond acceptors (Lipinski definition) is 3. The van der Waals surface area contributed by atoms with Gasteiger partial charge >= 0.3 is 0 Å². The molecule has 3 heteroatoms. The molecule has 17 heavy (non-hydrogen) atoms. The van der Waals surface area contributed by atoms with Crippen LogP contribution in [0, 0.1) is 11.3 Å². The van der Waals surface area contributed by atoms with E-state index in [0.29, 0.717) is 6.04 Å². The van der Waals surface area contributed by atoms with Crippen molar-refractivity contribution >= 4 is 0 Å². The van der Waals surface area contributed by atoms with Crippen LogP contribution in [0.3, 0.4) is 0 Å². The minimum atomic E-state index is 0.638. The Morgan fingerprint density at radius 3 is 2.76 bits per heavy atom. The fourth-order valence-corrected chi connectivity index (χ4v) is 2.31. The molecule has 0 aliphatic carbocycles. The summed E-state index contributed by atoms with van der Waals surface area (Å²) in [5, 5.41) is 12.2. The molecule has 1 heterocycles. The SMILES string of the molecule is CN(Cc1ccc(C#N)cc1)[C@@H]1CCCNC1. The van der Waals surface area contributed by atoms with Crippen LogP contribution in [0.2, 0.25) is 0 Å². The molecule has 1 N–H and O–H groups in total. The summed E-state index contributed by atoms with van der Waals surface area (Å²) in [6.45, 7) is 3.20. The van der Waals surface area contributed by atoms with Crippen molar-refractivity contribution in [2.75, 3.05) is 20.1 Å². The number of nitrogens with zero attached hydrogens (tertiary/aromatic N) is 2. The lowest BCUT2D eigenvalue weighted by atomic mass is 10.1. The number of piperidine rings is 1. The van der Waals surface area contributed by atoms with E-state index in [1.54, 1.807) is 0 Å². The third-order valence-corrected chi connectivity index (χ3v) is 3.41. The lowest BCUT2D eigenvalue weighted by Crippen LogP contribution is -2.43. The lowest BCUT2D eigenvalue weighted by Gasteiger charge is -2.31. The molecule has 1 aromatic rings. The summed E-state index contributed by atoms with van der Waals surface area (Å²) in [5.41, 5.74) is 2.01. The number of nitrogens with one attached hydrogen (secondary N) is 1. The highest BCUT2D eigenvalue weighted by Gasteiger charge is 2.17. The molecule has 0 amide bonds. The van der Waals surface area contributed by atoms with Gasteiger partial charge in [-0.05, 0) is 44.1 Å². The first-order valence-corrected chi connectivity index (χ1v) is 6.19. The van der Waals surface area contributed by atoms with Crippen molar-refractivity contribution in [1.29, 1.82) is 5.26 Å². The maximum atomic E-state index is 8.75. The van der Waals surface area contributed by atoms with Crippen LogP contribution in [0.4, 0.5) is 0 Å². The van der Waals surface area contributed by atoms with Crippen molar-refractivity contribution in [3.8, 4) is 6.07 Å². The summed E-state index contributed by atoms with van der Waals surface area (Å²) in [5.74, 6) is 0. The molecule has 90 valence electrons. The van der Waals surface area contributed by atoms with E-state index in [0.717, 1.165) is 25.2 Å². The summed E-state index contributed by atoms with van der Waals surface area (Å²) in [6, 6.07) is 10.7. The topological polar surface area (TPSA) is 39.1 Å². The van der Waals surface area contributed by atoms with Crippen LogP contribution in [0.15, 0.2) is 24.3 Å². The zero-order chi connectivity index (χ0) is 12.1. The second kappa shape index (κ2) is 5.81. The first kappa shape index (κ1) is 12.1. The van der Waals surface area contributed by atoms with E-state index in [-0.39, 0.29) is 0 Å². The van der Waals surface area contributed by atoms with Gasteiger partial charge in [-0.25, -0.2) is 0 Å². The van der Waals surface area contributed by atoms with Gasteiger partial charge in [0.15, 0.2) is 0 Å². The van der Waals surface area contributed by atoms with Crippen molar-refractivity contribution in [2.45, 2.75) is 25.4 Å². The molecule has 0 bridgehead atoms. The van der Waals surface area contributed by atoms with E-state index in [1.165, 1.54) is 18.4 Å². The number of likely N-dealkylation sites (N-methyl/N-ethyl adjacent to an activating group) is 1. The Morgan fingerprint density at radius 1 is 1.41 bits per heavy atom. The molecule has 1 atom stereocenters. The molecule has 0 aromatic heterocycles. The minimum Gasteiger partial charge on any atom is -0.315 e. The lowest BCUT2D eigenvalue weighted by molar-refractivity contribution is 0.196. The van der Waals surface area contributed by atoms with Gasteiger partial charge in [0.2, 0.25) is 0 Å². The van der Waals surface area contributed by atoms with Crippen LogP contribution in [-0.4, -0.2) is 31.1 Å². The summed E-state index contributed by atoms with van der Waals surface area (Å²) < 4.78 is 0. The third-order valence-electron chi connectivity index (χ3n) is 3.41. The van der Waals surface area contributed by atoms with Gasteiger partial charge < -0.3 is 5.32 Å². The van der Waals surface area contributed by atoms with E-state index in [1.807, 2.05) is 24.3 Å². The highest BCUT2D eigenvalue weighted by molar-refractivity contribution is 5.31. The van der Waals surface area contributed by atoms with Crippen LogP contribution in [0.5, 0.6) is 0 Å². The molecule has 0 spiro atoms. The maximum absolute atomic E-state index is 8.75. The summed E-state index contributed by atoms with van der Waals surface area (Å²) >= 11 is 0. The van der Waals surface area contributed by atoms with Crippen LogP contribution >= 0.6 is 0 Å². The van der Waals surface area contributed by atoms with E-state index >= 15 is 0 Å². The molecule has 1 aliphatic heterocycles. The number of nitriles is 1. The molecule has 0 saturated carbocycles. The van der Waals surface area contributed by atoms with Gasteiger partial charge in [0.05, 0.1) is 11.6 Å². The smallest absolute Gasteiger partial charge is 0.0991 e. The van der Waals surface area contributed by atoms with Gasteiger partial charge in [-0.15, -0.1) is 0 Å². The Balaban J connectivity index is 1.92. The van der Waals surface area contributed by atoms with Gasteiger partial charge in [0.1, 0.15) is 0 Å². The fourth-order valence-electron chi connectivity index (χ4n) is 2.31. The molecule has 1 aliphatic rings. The van der Waals surface area contributed by atoms with Gasteiger partial charge in [-0.3, -0.25) is 4.90 Å². The van der Waals surface area contributed by atoms with Crippen LogP contribution in [0.25, 0.3) is 0 Å². The molecule has 2 rings (SSSR count). The molecule has 1 fully saturated rings. The average Bonchev–Trinajstić information content (AvgIpc) is 2.40. The van der Waals surface area contributed by atoms with E-state index in [9.17, 15) is 0 Å². The summed E-state index contributed by atoms with van der Waals surface area (Å²) in [6.07, 6.45) is 2.54. The van der Waals surface area contributed by atoms with Gasteiger partial charge in [0.25, 0.3) is 0 Å². The summed E-state index contributed by atoms with van der Waals surface area (Å²) in [4.78, 5) is 2.40. The van der Waals surface area contributed by atoms with E-state index in [2.05, 4.69) is 23.3 Å². The molecule has 0 radical (unpaired) electrons. The van der Waals surface area contributed by atoms with Crippen LogP contribution in [0.1, 0.15) is 24.0 Å². The Morgan fingerprint density at radius 2 is 2.18 bits per heavy atom. The predicted octanol–water partition coefficient (Wildman–Crippen LogP) is 1.74. The standard InChI is InChI=1S/C14H19N3/c1-17(14-3-2-8-16-10-14)11-13-6-4-12(9-15)5-7-13/h4-7,14,16H,2-3,8,10-11H2,1H3/t14-/m1/s1. The number of hydrogen-bond donors (Lipinski definition) is 1. The maximum Gasteiger partial charge on any atom is 0.0991 e. The third kappa shape index (κ3) is 3.29. The van der Waals surface area contributed by atoms with Crippen molar-refractivity contribution < 1.29 is 0 Å². The second-order valence-corrected chi connectivity index (χ2v) is 4.72. The monoisotopic (exact) mass is 229 g/mol. The second-order valence-electron chi connectivity index (χ2n) is 4.72. The van der Waals surface area contributed by atoms with E-state index in [4.69, 9.17) is 5.26 Å². The Kier molecular flexibility index (Phi) is 4.13. The van der Waals surface area contributed by atoms with Gasteiger partial charge in [-0.2, -0.15) is 5.26 Å². The van der Waals surface area contributed by atoms with Crippen molar-refractivity contribution in [3.05, 3.63) is 35.4 Å². The normalized spacial score (nSPS) is 20.2. The Bertz CT molecular complexity index is 385.